The van der Waals surface area contributed by atoms with Gasteiger partial charge in [-0.15, -0.1) is 0 Å². The van der Waals surface area contributed by atoms with Crippen LogP contribution in [0.2, 0.25) is 0 Å². The molecule has 7 nitrogen and oxygen atoms in total. The number of ether oxygens (including phenoxy) is 1. The molecule has 2 aliphatic heterocycles. The number of hydrogen-bond acceptors (Lipinski definition) is 6. The highest BCUT2D eigenvalue weighted by Crippen LogP contribution is 2.40. The number of nitrogens with zero attached hydrogens (tertiary/aromatic N) is 4. The zero-order valence-corrected chi connectivity index (χ0v) is 22.7. The van der Waals surface area contributed by atoms with Gasteiger partial charge in [-0.25, -0.2) is 0 Å². The van der Waals surface area contributed by atoms with Crippen LogP contribution in [0.5, 0.6) is 0 Å². The van der Waals surface area contributed by atoms with E-state index in [1.807, 2.05) is 0 Å². The summed E-state index contributed by atoms with van der Waals surface area (Å²) in [6, 6.07) is 21.7. The summed E-state index contributed by atoms with van der Waals surface area (Å²) in [5.41, 5.74) is 4.30. The van der Waals surface area contributed by atoms with E-state index in [9.17, 15) is 0 Å². The third-order valence-corrected chi connectivity index (χ3v) is 8.49. The summed E-state index contributed by atoms with van der Waals surface area (Å²) in [6.45, 7) is 5.64. The first kappa shape index (κ1) is 25.1. The second-order valence-corrected chi connectivity index (χ2v) is 11.0. The Balaban J connectivity index is 1.20. The van der Waals surface area contributed by atoms with Gasteiger partial charge < -0.3 is 25.2 Å². The minimum atomic E-state index is 0.121. The molecule has 6 rings (SSSR count). The monoisotopic (exact) mass is 528 g/mol. The van der Waals surface area contributed by atoms with Crippen LogP contribution < -0.4 is 20.4 Å². The number of aromatic nitrogens is 2. The summed E-state index contributed by atoms with van der Waals surface area (Å²) in [5, 5.41) is 7.41. The molecule has 1 saturated heterocycles. The molecule has 198 valence electrons. The number of anilines is 3. The van der Waals surface area contributed by atoms with Crippen molar-refractivity contribution in [2.75, 3.05) is 54.5 Å². The third kappa shape index (κ3) is 5.47. The van der Waals surface area contributed by atoms with Crippen LogP contribution in [0.1, 0.15) is 42.4 Å². The number of benzene rings is 2. The number of rotatable bonds is 6. The van der Waals surface area contributed by atoms with E-state index in [0.29, 0.717) is 24.3 Å². The van der Waals surface area contributed by atoms with Crippen molar-refractivity contribution in [3.8, 4) is 0 Å². The summed E-state index contributed by atoms with van der Waals surface area (Å²) in [5.74, 6) is 2.39. The number of fused-ring (bicyclic) bond motifs is 1. The van der Waals surface area contributed by atoms with Crippen LogP contribution >= 0.6 is 12.2 Å². The normalized spacial score (nSPS) is 18.6. The van der Waals surface area contributed by atoms with E-state index in [1.165, 1.54) is 42.4 Å². The van der Waals surface area contributed by atoms with Crippen molar-refractivity contribution < 1.29 is 4.74 Å². The average Bonchev–Trinajstić information content (AvgIpc) is 3.47. The second-order valence-electron chi connectivity index (χ2n) is 10.6. The molecule has 0 atom stereocenters. The predicted octanol–water partition coefficient (Wildman–Crippen LogP) is 4.67. The standard InChI is InChI=1S/C30H36N6OS/c38-29(31-22-30(13-6-7-14-30)25-10-2-1-3-11-25)34-28-32-26(35-16-18-37-19-17-35)20-27(33-28)36-15-12-23-8-4-5-9-24(23)21-36/h1-5,8-11,20H,6-7,12-19,21-22H2,(H2,31,32,33,34,38). The molecule has 0 spiro atoms. The molecule has 38 heavy (non-hydrogen) atoms. The fourth-order valence-corrected chi connectivity index (χ4v) is 6.26. The van der Waals surface area contributed by atoms with Crippen molar-refractivity contribution in [3.63, 3.8) is 0 Å². The van der Waals surface area contributed by atoms with Crippen molar-refractivity contribution in [1.29, 1.82) is 0 Å². The molecule has 1 aromatic heterocycles. The molecule has 1 saturated carbocycles. The largest absolute Gasteiger partial charge is 0.378 e. The minimum absolute atomic E-state index is 0.121. The molecule has 8 heteroatoms. The Bertz CT molecular complexity index is 1260. The van der Waals surface area contributed by atoms with Crippen LogP contribution in [-0.2, 0) is 23.1 Å². The molecule has 2 aromatic carbocycles. The lowest BCUT2D eigenvalue weighted by Crippen LogP contribution is -2.41. The molecule has 0 radical (unpaired) electrons. The Hall–Kier alpha value is -3.23. The molecule has 0 unspecified atom stereocenters. The molecule has 0 bridgehead atoms. The maximum Gasteiger partial charge on any atom is 0.232 e. The molecule has 3 aromatic rings. The number of hydrogen-bond donors (Lipinski definition) is 2. The quantitative estimate of drug-likeness (QED) is 0.448. The summed E-state index contributed by atoms with van der Waals surface area (Å²) in [6.07, 6.45) is 5.87. The second kappa shape index (κ2) is 11.3. The van der Waals surface area contributed by atoms with Crippen LogP contribution in [-0.4, -0.2) is 54.5 Å². The Morgan fingerprint density at radius 1 is 0.868 bits per heavy atom. The lowest BCUT2D eigenvalue weighted by Gasteiger charge is -2.32. The Morgan fingerprint density at radius 3 is 2.32 bits per heavy atom. The van der Waals surface area contributed by atoms with E-state index in [2.05, 4.69) is 81.1 Å². The third-order valence-electron chi connectivity index (χ3n) is 8.25. The van der Waals surface area contributed by atoms with Crippen LogP contribution in [0.15, 0.2) is 60.7 Å². The first-order chi connectivity index (χ1) is 18.7. The van der Waals surface area contributed by atoms with E-state index in [0.717, 1.165) is 50.8 Å². The average molecular weight is 529 g/mol. The van der Waals surface area contributed by atoms with Gasteiger partial charge >= 0.3 is 0 Å². The van der Waals surface area contributed by atoms with E-state index in [-0.39, 0.29) is 5.41 Å². The Morgan fingerprint density at radius 2 is 1.55 bits per heavy atom. The molecular formula is C30H36N6OS. The fourth-order valence-electron chi connectivity index (χ4n) is 6.09. The maximum atomic E-state index is 5.77. The van der Waals surface area contributed by atoms with Crippen LogP contribution in [0.4, 0.5) is 17.6 Å². The maximum absolute atomic E-state index is 5.77. The van der Waals surface area contributed by atoms with Gasteiger partial charge in [-0.3, -0.25) is 0 Å². The van der Waals surface area contributed by atoms with Gasteiger partial charge in [-0.1, -0.05) is 67.4 Å². The van der Waals surface area contributed by atoms with Gasteiger partial charge in [0.1, 0.15) is 11.6 Å². The van der Waals surface area contributed by atoms with Gasteiger partial charge in [-0.2, -0.15) is 9.97 Å². The highest BCUT2D eigenvalue weighted by atomic mass is 32.1. The fraction of sp³-hybridized carbons (Fsp3) is 0.433. The lowest BCUT2D eigenvalue weighted by atomic mass is 9.79. The molecule has 3 heterocycles. The molecule has 2 N–H and O–H groups in total. The number of morpholine rings is 1. The minimum Gasteiger partial charge on any atom is -0.378 e. The van der Waals surface area contributed by atoms with E-state index < -0.39 is 0 Å². The first-order valence-electron chi connectivity index (χ1n) is 13.8. The summed E-state index contributed by atoms with van der Waals surface area (Å²) in [7, 11) is 0. The van der Waals surface area contributed by atoms with E-state index in [1.54, 1.807) is 0 Å². The van der Waals surface area contributed by atoms with Crippen LogP contribution in [0, 0.1) is 0 Å². The highest BCUT2D eigenvalue weighted by molar-refractivity contribution is 7.80. The lowest BCUT2D eigenvalue weighted by molar-refractivity contribution is 0.122. The smallest absolute Gasteiger partial charge is 0.232 e. The van der Waals surface area contributed by atoms with Crippen molar-refractivity contribution in [3.05, 3.63) is 77.4 Å². The van der Waals surface area contributed by atoms with Crippen molar-refractivity contribution in [1.82, 2.24) is 15.3 Å². The van der Waals surface area contributed by atoms with Gasteiger partial charge in [0.25, 0.3) is 0 Å². The summed E-state index contributed by atoms with van der Waals surface area (Å²) in [4.78, 5) is 14.4. The molecule has 1 aliphatic carbocycles. The molecule has 0 amide bonds. The van der Waals surface area contributed by atoms with Crippen molar-refractivity contribution >= 4 is 34.9 Å². The van der Waals surface area contributed by atoms with Gasteiger partial charge in [0.15, 0.2) is 5.11 Å². The van der Waals surface area contributed by atoms with Gasteiger partial charge in [0.2, 0.25) is 5.95 Å². The molecular weight excluding hydrogens is 492 g/mol. The van der Waals surface area contributed by atoms with E-state index >= 15 is 0 Å². The Kier molecular flexibility index (Phi) is 7.42. The first-order valence-corrected chi connectivity index (χ1v) is 14.2. The Labute approximate surface area is 230 Å². The van der Waals surface area contributed by atoms with E-state index in [4.69, 9.17) is 26.9 Å². The zero-order chi connectivity index (χ0) is 25.8. The molecule has 3 aliphatic rings. The van der Waals surface area contributed by atoms with Gasteiger partial charge in [0.05, 0.1) is 13.2 Å². The summed E-state index contributed by atoms with van der Waals surface area (Å²) >= 11 is 5.77. The number of thiocarbonyl (C=S) groups is 1. The highest BCUT2D eigenvalue weighted by Gasteiger charge is 2.35. The van der Waals surface area contributed by atoms with Gasteiger partial charge in [0, 0.05) is 44.2 Å². The summed E-state index contributed by atoms with van der Waals surface area (Å²) < 4.78 is 5.59. The zero-order valence-electron chi connectivity index (χ0n) is 21.9. The van der Waals surface area contributed by atoms with Gasteiger partial charge in [-0.05, 0) is 48.2 Å². The molecule has 2 fully saturated rings. The topological polar surface area (TPSA) is 65.6 Å². The number of nitrogens with one attached hydrogen (secondary N) is 2. The van der Waals surface area contributed by atoms with Crippen LogP contribution in [0.25, 0.3) is 0 Å². The van der Waals surface area contributed by atoms with Crippen molar-refractivity contribution in [2.45, 2.75) is 44.1 Å². The van der Waals surface area contributed by atoms with Crippen molar-refractivity contribution in [2.24, 2.45) is 0 Å². The predicted molar refractivity (Wildman–Crippen MR) is 157 cm³/mol. The van der Waals surface area contributed by atoms with Crippen LogP contribution in [0.3, 0.4) is 0 Å². The SMILES string of the molecule is S=C(NCC1(c2ccccc2)CCCC1)Nc1nc(N2CCOCC2)cc(N2CCc3ccccc3C2)n1.